The van der Waals surface area contributed by atoms with Crippen LogP contribution >= 0.6 is 0 Å². The number of carbonyl (C=O) groups is 3. The molecule has 3 aromatic heterocycles. The van der Waals surface area contributed by atoms with Crippen molar-refractivity contribution < 1.29 is 14.4 Å². The molecule has 4 aromatic rings. The lowest BCUT2D eigenvalue weighted by Gasteiger charge is -2.46. The minimum atomic E-state index is -0.228. The number of hydrogen-bond donors (Lipinski definition) is 2. The molecule has 0 spiro atoms. The zero-order valence-corrected chi connectivity index (χ0v) is 33.3. The number of piperidine rings is 2. The van der Waals surface area contributed by atoms with Gasteiger partial charge in [0.05, 0.1) is 17.8 Å². The molecule has 0 bridgehead atoms. The second-order valence-corrected chi connectivity index (χ2v) is 17.0. The van der Waals surface area contributed by atoms with E-state index in [2.05, 4.69) is 70.1 Å². The highest BCUT2D eigenvalue weighted by Gasteiger charge is 2.33. The van der Waals surface area contributed by atoms with Crippen molar-refractivity contribution in [2.24, 2.45) is 5.92 Å². The van der Waals surface area contributed by atoms with Crippen molar-refractivity contribution >= 4 is 51.9 Å². The average Bonchev–Trinajstić information content (AvgIpc) is 3.88. The van der Waals surface area contributed by atoms with Gasteiger partial charge in [0.1, 0.15) is 17.2 Å². The van der Waals surface area contributed by atoms with E-state index in [9.17, 15) is 14.4 Å². The molecule has 3 amide bonds. The lowest BCUT2D eigenvalue weighted by molar-refractivity contribution is -0.134. The standard InChI is InChI=1S/C43H55N11O3/c1-49(2)42(57)37-23-31-24-45-43(48-40(31)54(37)34-5-3-4-6-34)46-38-13-11-35(25-44-38)52-21-19-51(20-22-52)33-15-17-50(18-16-33)26-29-27-53(28-29)32-9-7-30(8-10-32)36-12-14-39(55)47-41(36)56/h7-11,13,23-25,29,33-34,36H,3-6,12,14-22,26-28H2,1-2H3,(H,47,55,56)(H,44,45,46,48). The first-order valence-electron chi connectivity index (χ1n) is 21.0. The Hall–Kier alpha value is -5.08. The van der Waals surface area contributed by atoms with Crippen molar-refractivity contribution in [2.45, 2.75) is 69.4 Å². The van der Waals surface area contributed by atoms with E-state index in [1.165, 1.54) is 44.5 Å². The number of aromatic nitrogens is 4. The summed E-state index contributed by atoms with van der Waals surface area (Å²) in [5.74, 6) is 1.28. The number of fused-ring (bicyclic) bond motifs is 1. The van der Waals surface area contributed by atoms with Crippen LogP contribution in [0.4, 0.5) is 23.1 Å². The summed E-state index contributed by atoms with van der Waals surface area (Å²) in [6.07, 6.45) is 11.6. The molecule has 14 heteroatoms. The minimum absolute atomic E-state index is 0.0123. The molecular formula is C43H55N11O3. The molecule has 5 aliphatic rings. The van der Waals surface area contributed by atoms with E-state index >= 15 is 0 Å². The second kappa shape index (κ2) is 16.0. The first-order chi connectivity index (χ1) is 27.8. The fourth-order valence-corrected chi connectivity index (χ4v) is 9.76. The Bertz CT molecular complexity index is 2070. The highest BCUT2D eigenvalue weighted by molar-refractivity contribution is 6.01. The molecule has 57 heavy (non-hydrogen) atoms. The Labute approximate surface area is 334 Å². The topological polar surface area (TPSA) is 135 Å². The van der Waals surface area contributed by atoms with Crippen molar-refractivity contribution in [3.63, 3.8) is 0 Å². The van der Waals surface area contributed by atoms with Gasteiger partial charge < -0.3 is 29.5 Å². The van der Waals surface area contributed by atoms with Gasteiger partial charge >= 0.3 is 0 Å². The van der Waals surface area contributed by atoms with Crippen LogP contribution in [-0.2, 0) is 9.59 Å². The first-order valence-corrected chi connectivity index (χ1v) is 21.0. The highest BCUT2D eigenvalue weighted by Crippen LogP contribution is 2.35. The van der Waals surface area contributed by atoms with E-state index in [1.54, 1.807) is 25.2 Å². The van der Waals surface area contributed by atoms with Gasteiger partial charge in [-0.3, -0.25) is 24.6 Å². The third-order valence-corrected chi connectivity index (χ3v) is 13.0. The molecular weight excluding hydrogens is 719 g/mol. The molecule has 5 fully saturated rings. The number of nitrogens with one attached hydrogen (secondary N) is 2. The second-order valence-electron chi connectivity index (χ2n) is 17.0. The van der Waals surface area contributed by atoms with E-state index in [-0.39, 0.29) is 29.7 Å². The molecule has 2 N–H and O–H groups in total. The quantitative estimate of drug-likeness (QED) is 0.219. The first kappa shape index (κ1) is 37.5. The summed E-state index contributed by atoms with van der Waals surface area (Å²) in [6.45, 7) is 9.76. The zero-order chi connectivity index (χ0) is 39.0. The molecule has 7 heterocycles. The molecule has 1 aromatic carbocycles. The Kier molecular flexibility index (Phi) is 10.6. The van der Waals surface area contributed by atoms with Crippen LogP contribution in [0.25, 0.3) is 11.0 Å². The molecule has 300 valence electrons. The van der Waals surface area contributed by atoms with Crippen LogP contribution < -0.4 is 20.4 Å². The van der Waals surface area contributed by atoms with E-state index in [4.69, 9.17) is 9.97 Å². The van der Waals surface area contributed by atoms with Crippen LogP contribution in [0.1, 0.15) is 79.4 Å². The molecule has 1 atom stereocenters. The van der Waals surface area contributed by atoms with Crippen molar-refractivity contribution in [3.05, 3.63) is 66.1 Å². The smallest absolute Gasteiger partial charge is 0.270 e. The number of imide groups is 1. The number of anilines is 4. The monoisotopic (exact) mass is 773 g/mol. The maximum absolute atomic E-state index is 13.1. The fraction of sp³-hybridized carbons (Fsp3) is 0.535. The molecule has 0 radical (unpaired) electrons. The minimum Gasteiger partial charge on any atom is -0.371 e. The van der Waals surface area contributed by atoms with Crippen molar-refractivity contribution in [2.75, 3.05) is 88.1 Å². The highest BCUT2D eigenvalue weighted by atomic mass is 16.2. The third-order valence-electron chi connectivity index (χ3n) is 13.0. The Balaban J connectivity index is 0.718. The number of benzene rings is 1. The molecule has 1 aliphatic carbocycles. The molecule has 1 saturated carbocycles. The van der Waals surface area contributed by atoms with Gasteiger partial charge in [0.25, 0.3) is 5.91 Å². The summed E-state index contributed by atoms with van der Waals surface area (Å²) in [4.78, 5) is 62.9. The van der Waals surface area contributed by atoms with Gasteiger partial charge in [-0.1, -0.05) is 25.0 Å². The third kappa shape index (κ3) is 7.94. The van der Waals surface area contributed by atoms with Crippen LogP contribution in [0.2, 0.25) is 0 Å². The van der Waals surface area contributed by atoms with Crippen molar-refractivity contribution in [1.29, 1.82) is 0 Å². The summed E-state index contributed by atoms with van der Waals surface area (Å²) < 4.78 is 2.14. The molecule has 4 aliphatic heterocycles. The molecule has 4 saturated heterocycles. The van der Waals surface area contributed by atoms with Gasteiger partial charge in [-0.25, -0.2) is 9.97 Å². The Morgan fingerprint density at radius 3 is 2.25 bits per heavy atom. The lowest BCUT2D eigenvalue weighted by Crippen LogP contribution is -2.55. The largest absolute Gasteiger partial charge is 0.371 e. The van der Waals surface area contributed by atoms with Crippen molar-refractivity contribution in [1.82, 2.24) is 39.5 Å². The molecule has 14 nitrogen and oxygen atoms in total. The van der Waals surface area contributed by atoms with Gasteiger partial charge in [0, 0.05) is 102 Å². The Morgan fingerprint density at radius 2 is 1.56 bits per heavy atom. The van der Waals surface area contributed by atoms with E-state index in [1.807, 2.05) is 18.3 Å². The summed E-state index contributed by atoms with van der Waals surface area (Å²) in [5.41, 5.74) is 4.81. The maximum atomic E-state index is 13.1. The van der Waals surface area contributed by atoms with Gasteiger partial charge in [-0.15, -0.1) is 0 Å². The zero-order valence-electron chi connectivity index (χ0n) is 33.3. The van der Waals surface area contributed by atoms with Crippen LogP contribution in [0.3, 0.4) is 0 Å². The number of piperazine rings is 1. The molecule has 9 rings (SSSR count). The predicted molar refractivity (Wildman–Crippen MR) is 221 cm³/mol. The number of nitrogens with zero attached hydrogens (tertiary/aromatic N) is 9. The Morgan fingerprint density at radius 1 is 0.825 bits per heavy atom. The summed E-state index contributed by atoms with van der Waals surface area (Å²) in [5, 5.41) is 6.65. The predicted octanol–water partition coefficient (Wildman–Crippen LogP) is 4.63. The van der Waals surface area contributed by atoms with Crippen LogP contribution in [-0.4, -0.2) is 131 Å². The van der Waals surface area contributed by atoms with E-state index in [0.29, 0.717) is 42.3 Å². The maximum Gasteiger partial charge on any atom is 0.270 e. The van der Waals surface area contributed by atoms with Crippen LogP contribution in [0.5, 0.6) is 0 Å². The fourth-order valence-electron chi connectivity index (χ4n) is 9.76. The number of pyridine rings is 1. The lowest BCUT2D eigenvalue weighted by atomic mass is 9.90. The van der Waals surface area contributed by atoms with Crippen LogP contribution in [0, 0.1) is 5.92 Å². The van der Waals surface area contributed by atoms with Gasteiger partial charge in [-0.2, -0.15) is 4.98 Å². The number of hydrogen-bond acceptors (Lipinski definition) is 11. The van der Waals surface area contributed by atoms with Crippen molar-refractivity contribution in [3.8, 4) is 0 Å². The van der Waals surface area contributed by atoms with E-state index < -0.39 is 0 Å². The normalized spacial score (nSPS) is 21.9. The van der Waals surface area contributed by atoms with Gasteiger partial charge in [0.2, 0.25) is 17.8 Å². The van der Waals surface area contributed by atoms with E-state index in [0.717, 1.165) is 80.9 Å². The number of likely N-dealkylation sites (tertiary alicyclic amines) is 1. The number of rotatable bonds is 10. The average molecular weight is 774 g/mol. The number of carbonyl (C=O) groups excluding carboxylic acids is 3. The number of amides is 3. The summed E-state index contributed by atoms with van der Waals surface area (Å²) in [6, 6.07) is 15.4. The summed E-state index contributed by atoms with van der Waals surface area (Å²) in [7, 11) is 3.58. The van der Waals surface area contributed by atoms with Crippen LogP contribution in [0.15, 0.2) is 54.9 Å². The van der Waals surface area contributed by atoms with Gasteiger partial charge in [0.15, 0.2) is 0 Å². The molecule has 1 unspecified atom stereocenters. The SMILES string of the molecule is CN(C)C(=O)c1cc2cnc(Nc3ccc(N4CCN(C5CCN(CC6CN(c7ccc(C8CCC(=O)NC8=O)cc7)C6)CC5)CC4)cn3)nc2n1C1CCCC1. The van der Waals surface area contributed by atoms with Gasteiger partial charge in [-0.05, 0) is 81.1 Å². The summed E-state index contributed by atoms with van der Waals surface area (Å²) >= 11 is 0.